The topological polar surface area (TPSA) is 87.2 Å². The van der Waals surface area contributed by atoms with Crippen LogP contribution in [0.5, 0.6) is 0 Å². The van der Waals surface area contributed by atoms with E-state index in [9.17, 15) is 8.42 Å². The van der Waals surface area contributed by atoms with E-state index in [1.807, 2.05) is 25.8 Å². The summed E-state index contributed by atoms with van der Waals surface area (Å²) >= 11 is 0. The third-order valence-corrected chi connectivity index (χ3v) is 4.79. The summed E-state index contributed by atoms with van der Waals surface area (Å²) in [5.41, 5.74) is 5.80. The highest BCUT2D eigenvalue weighted by Gasteiger charge is 2.17. The van der Waals surface area contributed by atoms with Gasteiger partial charge in [0.15, 0.2) is 9.84 Å². The van der Waals surface area contributed by atoms with Gasteiger partial charge in [-0.2, -0.15) is 0 Å². The summed E-state index contributed by atoms with van der Waals surface area (Å²) in [5, 5.41) is 7.34. The summed E-state index contributed by atoms with van der Waals surface area (Å²) in [5.74, 6) is -0.0698. The van der Waals surface area contributed by atoms with E-state index in [0.29, 0.717) is 18.2 Å². The molecule has 0 saturated carbocycles. The van der Waals surface area contributed by atoms with E-state index in [0.717, 1.165) is 0 Å². The Kier molecular flexibility index (Phi) is 5.08. The molecule has 1 aromatic carbocycles. The van der Waals surface area contributed by atoms with Crippen molar-refractivity contribution in [2.45, 2.75) is 24.8 Å². The molecule has 0 atom stereocenters. The lowest BCUT2D eigenvalue weighted by Crippen LogP contribution is -2.31. The van der Waals surface area contributed by atoms with Gasteiger partial charge in [0, 0.05) is 18.2 Å². The summed E-state index contributed by atoms with van der Waals surface area (Å²) < 4.78 is 24.4. The first-order chi connectivity index (χ1) is 8.74. The highest BCUT2D eigenvalue weighted by molar-refractivity contribution is 7.91. The fraction of sp³-hybridized carbons (Fsp3) is 0.462. The van der Waals surface area contributed by atoms with Crippen molar-refractivity contribution in [3.63, 3.8) is 0 Å². The molecule has 1 aromatic rings. The first-order valence-electron chi connectivity index (χ1n) is 6.11. The summed E-state index contributed by atoms with van der Waals surface area (Å²) in [6.45, 7) is 4.51. The predicted molar refractivity (Wildman–Crippen MR) is 77.3 cm³/mol. The third kappa shape index (κ3) is 4.33. The van der Waals surface area contributed by atoms with Crippen LogP contribution < -0.4 is 5.73 Å². The minimum absolute atomic E-state index is 0.0586. The highest BCUT2D eigenvalue weighted by atomic mass is 32.2. The van der Waals surface area contributed by atoms with Crippen molar-refractivity contribution in [2.75, 3.05) is 19.3 Å². The maximum atomic E-state index is 12.2. The molecule has 5 nitrogen and oxygen atoms in total. The van der Waals surface area contributed by atoms with Crippen molar-refractivity contribution >= 4 is 15.7 Å². The summed E-state index contributed by atoms with van der Waals surface area (Å²) in [6, 6.07) is 6.53. The highest BCUT2D eigenvalue weighted by Crippen LogP contribution is 2.13. The molecule has 0 amide bonds. The van der Waals surface area contributed by atoms with Gasteiger partial charge in [-0.15, -0.1) is 0 Å². The van der Waals surface area contributed by atoms with Crippen LogP contribution in [0.1, 0.15) is 19.4 Å². The van der Waals surface area contributed by atoms with Crippen molar-refractivity contribution in [1.29, 1.82) is 5.41 Å². The van der Waals surface area contributed by atoms with Gasteiger partial charge in [-0.25, -0.2) is 8.42 Å². The largest absolute Gasteiger partial charge is 0.384 e. The minimum Gasteiger partial charge on any atom is -0.384 e. The Morgan fingerprint density at radius 2 is 2.05 bits per heavy atom. The van der Waals surface area contributed by atoms with Crippen LogP contribution in [-0.2, 0) is 9.84 Å². The van der Waals surface area contributed by atoms with E-state index in [2.05, 4.69) is 0 Å². The Morgan fingerprint density at radius 3 is 2.58 bits per heavy atom. The van der Waals surface area contributed by atoms with Crippen LogP contribution in [0.3, 0.4) is 0 Å². The quantitative estimate of drug-likeness (QED) is 0.604. The summed E-state index contributed by atoms with van der Waals surface area (Å²) in [6.07, 6.45) is 0. The van der Waals surface area contributed by atoms with E-state index in [1.165, 1.54) is 12.1 Å². The molecular weight excluding hydrogens is 262 g/mol. The second-order valence-corrected chi connectivity index (χ2v) is 6.94. The lowest BCUT2D eigenvalue weighted by Gasteiger charge is -2.20. The fourth-order valence-corrected chi connectivity index (χ4v) is 2.85. The van der Waals surface area contributed by atoms with E-state index >= 15 is 0 Å². The maximum Gasteiger partial charge on any atom is 0.179 e. The molecule has 0 heterocycles. The molecule has 0 bridgehead atoms. The van der Waals surface area contributed by atoms with Crippen LogP contribution in [0, 0.1) is 5.41 Å². The number of nitrogens with one attached hydrogen (secondary N) is 1. The zero-order chi connectivity index (χ0) is 14.6. The molecule has 0 spiro atoms. The molecule has 0 fully saturated rings. The monoisotopic (exact) mass is 283 g/mol. The molecule has 0 aliphatic rings. The SMILES string of the molecule is CC(C)N(C)CCS(=O)(=O)c1cccc(C(=N)N)c1. The van der Waals surface area contributed by atoms with Gasteiger partial charge in [-0.1, -0.05) is 12.1 Å². The van der Waals surface area contributed by atoms with E-state index in [4.69, 9.17) is 11.1 Å². The third-order valence-electron chi connectivity index (χ3n) is 3.10. The van der Waals surface area contributed by atoms with Crippen LogP contribution >= 0.6 is 0 Å². The molecule has 106 valence electrons. The molecule has 0 unspecified atom stereocenters. The first kappa shape index (κ1) is 15.7. The van der Waals surface area contributed by atoms with Gasteiger partial charge in [0.2, 0.25) is 0 Å². The van der Waals surface area contributed by atoms with Crippen LogP contribution in [0.4, 0.5) is 0 Å². The number of nitrogens with two attached hydrogens (primary N) is 1. The molecule has 19 heavy (non-hydrogen) atoms. The van der Waals surface area contributed by atoms with Crippen molar-refractivity contribution in [3.8, 4) is 0 Å². The average Bonchev–Trinajstić information content (AvgIpc) is 2.36. The Balaban J connectivity index is 2.89. The molecule has 6 heteroatoms. The normalized spacial score (nSPS) is 12.1. The van der Waals surface area contributed by atoms with Crippen LogP contribution in [0.15, 0.2) is 29.2 Å². The van der Waals surface area contributed by atoms with Crippen molar-refractivity contribution in [1.82, 2.24) is 4.90 Å². The molecule has 0 aliphatic heterocycles. The van der Waals surface area contributed by atoms with Gasteiger partial charge in [-0.3, -0.25) is 5.41 Å². The summed E-state index contributed by atoms with van der Waals surface area (Å²) in [7, 11) is -1.44. The van der Waals surface area contributed by atoms with Crippen LogP contribution in [0.2, 0.25) is 0 Å². The number of hydrogen-bond acceptors (Lipinski definition) is 4. The van der Waals surface area contributed by atoms with Crippen LogP contribution in [-0.4, -0.2) is 44.5 Å². The van der Waals surface area contributed by atoms with E-state index in [1.54, 1.807) is 12.1 Å². The Bertz CT molecular complexity index is 553. The molecule has 3 N–H and O–H groups in total. The minimum atomic E-state index is -3.34. The van der Waals surface area contributed by atoms with Crippen molar-refractivity contribution < 1.29 is 8.42 Å². The van der Waals surface area contributed by atoms with E-state index < -0.39 is 9.84 Å². The molecule has 0 radical (unpaired) electrons. The average molecular weight is 283 g/mol. The number of nitrogen functional groups attached to an aromatic ring is 1. The number of amidine groups is 1. The van der Waals surface area contributed by atoms with E-state index in [-0.39, 0.29) is 16.5 Å². The van der Waals surface area contributed by atoms with Gasteiger partial charge in [-0.05, 0) is 33.0 Å². The Hall–Kier alpha value is -1.40. The molecule has 1 rings (SSSR count). The van der Waals surface area contributed by atoms with Gasteiger partial charge < -0.3 is 10.6 Å². The maximum absolute atomic E-state index is 12.2. The first-order valence-corrected chi connectivity index (χ1v) is 7.76. The zero-order valence-corrected chi connectivity index (χ0v) is 12.4. The molecular formula is C13H21N3O2S. The number of rotatable bonds is 6. The molecule has 0 aliphatic carbocycles. The molecule has 0 aromatic heterocycles. The van der Waals surface area contributed by atoms with Crippen LogP contribution in [0.25, 0.3) is 0 Å². The lowest BCUT2D eigenvalue weighted by molar-refractivity contribution is 0.289. The summed E-state index contributed by atoms with van der Waals surface area (Å²) in [4.78, 5) is 2.20. The van der Waals surface area contributed by atoms with Crippen molar-refractivity contribution in [2.24, 2.45) is 5.73 Å². The lowest BCUT2D eigenvalue weighted by atomic mass is 10.2. The second kappa shape index (κ2) is 6.16. The second-order valence-electron chi connectivity index (χ2n) is 4.83. The van der Waals surface area contributed by atoms with Gasteiger partial charge in [0.05, 0.1) is 10.6 Å². The zero-order valence-electron chi connectivity index (χ0n) is 11.6. The van der Waals surface area contributed by atoms with Gasteiger partial charge in [0.25, 0.3) is 0 Å². The number of benzene rings is 1. The smallest absolute Gasteiger partial charge is 0.179 e. The molecule has 0 saturated heterocycles. The van der Waals surface area contributed by atoms with Crippen molar-refractivity contribution in [3.05, 3.63) is 29.8 Å². The standard InChI is InChI=1S/C13H21N3O2S/c1-10(2)16(3)7-8-19(17,18)12-6-4-5-11(9-12)13(14)15/h4-6,9-10H,7-8H2,1-3H3,(H3,14,15). The number of sulfone groups is 1. The predicted octanol–water partition coefficient (Wildman–Crippen LogP) is 1.08. The Morgan fingerprint density at radius 1 is 1.42 bits per heavy atom. The number of nitrogens with zero attached hydrogens (tertiary/aromatic N) is 1. The van der Waals surface area contributed by atoms with Gasteiger partial charge >= 0.3 is 0 Å². The number of hydrogen-bond donors (Lipinski definition) is 2. The fourth-order valence-electron chi connectivity index (χ4n) is 1.50. The Labute approximate surface area is 114 Å². The van der Waals surface area contributed by atoms with Gasteiger partial charge in [0.1, 0.15) is 5.84 Å².